The molecule has 0 fully saturated rings. The number of benzene rings is 1. The Morgan fingerprint density at radius 3 is 3.15 bits per heavy atom. The largest absolute Gasteiger partial charge is 0.387 e. The Morgan fingerprint density at radius 1 is 1.46 bits per heavy atom. The highest BCUT2D eigenvalue weighted by Gasteiger charge is 2.12. The summed E-state index contributed by atoms with van der Waals surface area (Å²) in [6, 6.07) is 4.88. The summed E-state index contributed by atoms with van der Waals surface area (Å²) >= 11 is 1.47. The van der Waals surface area contributed by atoms with Crippen molar-refractivity contribution < 1.29 is 4.39 Å². The van der Waals surface area contributed by atoms with E-state index in [-0.39, 0.29) is 5.82 Å². The van der Waals surface area contributed by atoms with Gasteiger partial charge in [-0.3, -0.25) is 0 Å². The first-order chi connectivity index (χ1) is 6.27. The van der Waals surface area contributed by atoms with Gasteiger partial charge in [0.2, 0.25) is 0 Å². The molecule has 13 heavy (non-hydrogen) atoms. The van der Waals surface area contributed by atoms with Crippen LogP contribution in [0.15, 0.2) is 28.1 Å². The molecule has 0 aromatic heterocycles. The predicted octanol–water partition coefficient (Wildman–Crippen LogP) is 2.31. The van der Waals surface area contributed by atoms with Crippen LogP contribution in [0.4, 0.5) is 10.1 Å². The first-order valence-corrected chi connectivity index (χ1v) is 5.00. The SMILES string of the molecule is NC1=Nc2cccc(F)c2SCC1. The summed E-state index contributed by atoms with van der Waals surface area (Å²) in [4.78, 5) is 4.75. The van der Waals surface area contributed by atoms with Gasteiger partial charge in [0.05, 0.1) is 10.6 Å². The highest BCUT2D eigenvalue weighted by atomic mass is 32.2. The van der Waals surface area contributed by atoms with E-state index in [2.05, 4.69) is 4.99 Å². The van der Waals surface area contributed by atoms with Crippen molar-refractivity contribution in [1.29, 1.82) is 0 Å². The van der Waals surface area contributed by atoms with E-state index in [1.807, 2.05) is 0 Å². The zero-order chi connectivity index (χ0) is 9.26. The minimum atomic E-state index is -0.207. The molecule has 68 valence electrons. The fourth-order valence-corrected chi connectivity index (χ4v) is 2.18. The van der Waals surface area contributed by atoms with Crippen LogP contribution in [0, 0.1) is 5.82 Å². The molecule has 0 radical (unpaired) electrons. The van der Waals surface area contributed by atoms with Gasteiger partial charge in [0.25, 0.3) is 0 Å². The van der Waals surface area contributed by atoms with E-state index in [4.69, 9.17) is 5.73 Å². The monoisotopic (exact) mass is 196 g/mol. The van der Waals surface area contributed by atoms with Crippen LogP contribution in [-0.2, 0) is 0 Å². The van der Waals surface area contributed by atoms with Gasteiger partial charge in [0.1, 0.15) is 11.7 Å². The number of aliphatic imine (C=N–C) groups is 1. The summed E-state index contributed by atoms with van der Waals surface area (Å²) in [6.07, 6.45) is 0.721. The third-order valence-electron chi connectivity index (χ3n) is 1.81. The molecule has 2 N–H and O–H groups in total. The lowest BCUT2D eigenvalue weighted by Crippen LogP contribution is -2.10. The van der Waals surface area contributed by atoms with E-state index >= 15 is 0 Å². The molecule has 4 heteroatoms. The summed E-state index contributed by atoms with van der Waals surface area (Å²) in [5.74, 6) is 1.17. The van der Waals surface area contributed by atoms with E-state index in [1.54, 1.807) is 12.1 Å². The highest BCUT2D eigenvalue weighted by molar-refractivity contribution is 7.99. The fourth-order valence-electron chi connectivity index (χ4n) is 1.20. The molecule has 1 aliphatic heterocycles. The van der Waals surface area contributed by atoms with Crippen molar-refractivity contribution in [1.82, 2.24) is 0 Å². The molecule has 0 amide bonds. The van der Waals surface area contributed by atoms with Crippen LogP contribution < -0.4 is 5.73 Å². The molecule has 0 saturated carbocycles. The smallest absolute Gasteiger partial charge is 0.138 e. The number of halogens is 1. The first kappa shape index (κ1) is 8.56. The van der Waals surface area contributed by atoms with Gasteiger partial charge < -0.3 is 5.73 Å². The molecule has 2 rings (SSSR count). The minimum absolute atomic E-state index is 0.207. The molecule has 1 heterocycles. The Hall–Kier alpha value is -1.03. The lowest BCUT2D eigenvalue weighted by molar-refractivity contribution is 0.603. The van der Waals surface area contributed by atoms with Crippen molar-refractivity contribution >= 4 is 23.3 Å². The Balaban J connectivity index is 2.53. The third-order valence-corrected chi connectivity index (χ3v) is 2.92. The van der Waals surface area contributed by atoms with Crippen molar-refractivity contribution in [3.63, 3.8) is 0 Å². The number of hydrogen-bond donors (Lipinski definition) is 1. The summed E-state index contributed by atoms with van der Waals surface area (Å²) in [7, 11) is 0. The molecule has 0 aliphatic carbocycles. The van der Waals surface area contributed by atoms with Gasteiger partial charge >= 0.3 is 0 Å². The molecule has 0 bridgehead atoms. The zero-order valence-electron chi connectivity index (χ0n) is 6.96. The van der Waals surface area contributed by atoms with Crippen LogP contribution in [0.2, 0.25) is 0 Å². The lowest BCUT2D eigenvalue weighted by atomic mass is 10.3. The normalized spacial score (nSPS) is 15.9. The quantitative estimate of drug-likeness (QED) is 0.691. The number of thioether (sulfide) groups is 1. The average molecular weight is 196 g/mol. The van der Waals surface area contributed by atoms with E-state index in [0.29, 0.717) is 16.4 Å². The van der Waals surface area contributed by atoms with Crippen molar-refractivity contribution in [2.45, 2.75) is 11.3 Å². The van der Waals surface area contributed by atoms with Crippen molar-refractivity contribution in [3.8, 4) is 0 Å². The summed E-state index contributed by atoms with van der Waals surface area (Å²) in [5, 5.41) is 0. The molecule has 1 aromatic rings. The van der Waals surface area contributed by atoms with Gasteiger partial charge in [-0.25, -0.2) is 9.38 Å². The molecule has 2 nitrogen and oxygen atoms in total. The van der Waals surface area contributed by atoms with Gasteiger partial charge in [-0.2, -0.15) is 0 Å². The Kier molecular flexibility index (Phi) is 2.22. The molecular weight excluding hydrogens is 187 g/mol. The van der Waals surface area contributed by atoms with Gasteiger partial charge in [-0.1, -0.05) is 6.07 Å². The molecule has 0 spiro atoms. The summed E-state index contributed by atoms with van der Waals surface area (Å²) < 4.78 is 13.2. The van der Waals surface area contributed by atoms with E-state index < -0.39 is 0 Å². The standard InChI is InChI=1S/C9H9FN2S/c10-6-2-1-3-7-9(6)13-5-4-8(11)12-7/h1-3H,4-5H2,(H2,11,12). The fraction of sp³-hybridized carbons (Fsp3) is 0.222. The predicted molar refractivity (Wildman–Crippen MR) is 53.0 cm³/mol. The maximum absolute atomic E-state index is 13.2. The number of nitrogens with two attached hydrogens (primary N) is 1. The molecular formula is C9H9FN2S. The number of amidine groups is 1. The third kappa shape index (κ3) is 1.67. The molecule has 1 aliphatic rings. The van der Waals surface area contributed by atoms with E-state index in [9.17, 15) is 4.39 Å². The van der Waals surface area contributed by atoms with Crippen molar-refractivity contribution in [2.24, 2.45) is 10.7 Å². The second-order valence-electron chi connectivity index (χ2n) is 2.79. The highest BCUT2D eigenvalue weighted by Crippen LogP contribution is 2.34. The van der Waals surface area contributed by atoms with Crippen molar-refractivity contribution in [3.05, 3.63) is 24.0 Å². The Morgan fingerprint density at radius 2 is 2.31 bits per heavy atom. The Labute approximate surface area is 80.0 Å². The number of fused-ring (bicyclic) bond motifs is 1. The van der Waals surface area contributed by atoms with Crippen LogP contribution in [0.5, 0.6) is 0 Å². The second kappa shape index (κ2) is 3.38. The van der Waals surface area contributed by atoms with Crippen LogP contribution in [0.25, 0.3) is 0 Å². The minimum Gasteiger partial charge on any atom is -0.387 e. The summed E-state index contributed by atoms with van der Waals surface area (Å²) in [5.41, 5.74) is 6.27. The summed E-state index contributed by atoms with van der Waals surface area (Å²) in [6.45, 7) is 0. The van der Waals surface area contributed by atoms with E-state index in [1.165, 1.54) is 17.8 Å². The first-order valence-electron chi connectivity index (χ1n) is 4.02. The average Bonchev–Trinajstić information content (AvgIpc) is 2.27. The topological polar surface area (TPSA) is 38.4 Å². The maximum Gasteiger partial charge on any atom is 0.138 e. The van der Waals surface area contributed by atoms with Crippen LogP contribution in [0.3, 0.4) is 0 Å². The second-order valence-corrected chi connectivity index (χ2v) is 3.89. The van der Waals surface area contributed by atoms with Gasteiger partial charge in [0.15, 0.2) is 0 Å². The van der Waals surface area contributed by atoms with Gasteiger partial charge in [-0.15, -0.1) is 11.8 Å². The molecule has 0 atom stereocenters. The van der Waals surface area contributed by atoms with Crippen LogP contribution in [-0.4, -0.2) is 11.6 Å². The number of rotatable bonds is 0. The molecule has 1 aromatic carbocycles. The molecule has 0 unspecified atom stereocenters. The van der Waals surface area contributed by atoms with Gasteiger partial charge in [-0.05, 0) is 12.1 Å². The van der Waals surface area contributed by atoms with Crippen LogP contribution in [0.1, 0.15) is 6.42 Å². The van der Waals surface area contributed by atoms with Crippen LogP contribution >= 0.6 is 11.8 Å². The van der Waals surface area contributed by atoms with Crippen molar-refractivity contribution in [2.75, 3.05) is 5.75 Å². The number of nitrogens with zero attached hydrogens (tertiary/aromatic N) is 1. The van der Waals surface area contributed by atoms with Gasteiger partial charge in [0, 0.05) is 12.2 Å². The maximum atomic E-state index is 13.2. The zero-order valence-corrected chi connectivity index (χ0v) is 7.77. The molecule has 0 saturated heterocycles. The Bertz CT molecular complexity index is 363. The lowest BCUT2D eigenvalue weighted by Gasteiger charge is -2.01. The number of hydrogen-bond acceptors (Lipinski definition) is 3. The van der Waals surface area contributed by atoms with E-state index in [0.717, 1.165) is 12.2 Å².